The van der Waals surface area contributed by atoms with Gasteiger partial charge in [0.15, 0.2) is 0 Å². The second-order valence-corrected chi connectivity index (χ2v) is 5.11. The van der Waals surface area contributed by atoms with Crippen molar-refractivity contribution in [3.05, 3.63) is 28.5 Å². The normalized spacial score (nSPS) is 13.5. The Balaban J connectivity index is 2.78. The third kappa shape index (κ3) is 3.92. The van der Waals surface area contributed by atoms with Crippen molar-refractivity contribution < 1.29 is 19.1 Å². The van der Waals surface area contributed by atoms with Gasteiger partial charge in [-0.1, -0.05) is 22.9 Å². The first kappa shape index (κ1) is 15.4. The van der Waals surface area contributed by atoms with Crippen molar-refractivity contribution in [1.82, 2.24) is 5.32 Å². The number of nitrogens with one attached hydrogen (secondary N) is 2. The number of rotatable bonds is 4. The SMILES string of the molecule is CCC(C)(NC(=O)Nc1ccc(Br)cc1F)C(=O)O. The average Bonchev–Trinajstić information content (AvgIpc) is 2.32. The number of aliphatic carboxylic acids is 1. The summed E-state index contributed by atoms with van der Waals surface area (Å²) in [5.74, 6) is -1.76. The first-order valence-electron chi connectivity index (χ1n) is 5.56. The highest BCUT2D eigenvalue weighted by Crippen LogP contribution is 2.19. The van der Waals surface area contributed by atoms with Crippen molar-refractivity contribution in [3.63, 3.8) is 0 Å². The van der Waals surface area contributed by atoms with Crippen LogP contribution >= 0.6 is 15.9 Å². The second-order valence-electron chi connectivity index (χ2n) is 4.19. The van der Waals surface area contributed by atoms with Crippen LogP contribution in [0, 0.1) is 5.82 Å². The number of carbonyl (C=O) groups is 2. The van der Waals surface area contributed by atoms with E-state index < -0.39 is 23.4 Å². The number of carbonyl (C=O) groups excluding carboxylic acids is 1. The Hall–Kier alpha value is -1.63. The predicted molar refractivity (Wildman–Crippen MR) is 72.6 cm³/mol. The number of hydrogen-bond acceptors (Lipinski definition) is 2. The Labute approximate surface area is 118 Å². The third-order valence-corrected chi connectivity index (χ3v) is 3.24. The van der Waals surface area contributed by atoms with Crippen LogP contribution < -0.4 is 10.6 Å². The molecule has 0 spiro atoms. The van der Waals surface area contributed by atoms with Crippen molar-refractivity contribution in [2.45, 2.75) is 25.8 Å². The predicted octanol–water partition coefficient (Wildman–Crippen LogP) is 2.96. The summed E-state index contributed by atoms with van der Waals surface area (Å²) >= 11 is 3.10. The molecule has 0 aromatic heterocycles. The Bertz CT molecular complexity index is 510. The highest BCUT2D eigenvalue weighted by Gasteiger charge is 2.32. The molecule has 0 saturated carbocycles. The lowest BCUT2D eigenvalue weighted by Gasteiger charge is -2.24. The van der Waals surface area contributed by atoms with E-state index in [1.807, 2.05) is 0 Å². The van der Waals surface area contributed by atoms with Crippen molar-refractivity contribution in [1.29, 1.82) is 0 Å². The molecule has 5 nitrogen and oxygen atoms in total. The van der Waals surface area contributed by atoms with Gasteiger partial charge in [-0.25, -0.2) is 14.0 Å². The van der Waals surface area contributed by atoms with E-state index in [1.165, 1.54) is 19.1 Å². The largest absolute Gasteiger partial charge is 0.480 e. The molecular weight excluding hydrogens is 319 g/mol. The third-order valence-electron chi connectivity index (χ3n) is 2.75. The Morgan fingerprint density at radius 1 is 1.47 bits per heavy atom. The number of carboxylic acid groups (broad SMARTS) is 1. The summed E-state index contributed by atoms with van der Waals surface area (Å²) < 4.78 is 14.0. The van der Waals surface area contributed by atoms with Crippen molar-refractivity contribution in [3.8, 4) is 0 Å². The number of benzene rings is 1. The van der Waals surface area contributed by atoms with Crippen LogP contribution in [0.5, 0.6) is 0 Å². The molecule has 19 heavy (non-hydrogen) atoms. The lowest BCUT2D eigenvalue weighted by molar-refractivity contribution is -0.143. The van der Waals surface area contributed by atoms with E-state index in [-0.39, 0.29) is 12.1 Å². The van der Waals surface area contributed by atoms with E-state index in [4.69, 9.17) is 5.11 Å². The van der Waals surface area contributed by atoms with E-state index >= 15 is 0 Å². The molecule has 0 radical (unpaired) electrons. The van der Waals surface area contributed by atoms with Gasteiger partial charge in [-0.3, -0.25) is 0 Å². The van der Waals surface area contributed by atoms with E-state index in [2.05, 4.69) is 26.6 Å². The maximum absolute atomic E-state index is 13.5. The highest BCUT2D eigenvalue weighted by atomic mass is 79.9. The van der Waals surface area contributed by atoms with Crippen molar-refractivity contribution >= 4 is 33.6 Å². The maximum Gasteiger partial charge on any atom is 0.329 e. The zero-order chi connectivity index (χ0) is 14.6. The van der Waals surface area contributed by atoms with Crippen LogP contribution in [0.1, 0.15) is 20.3 Å². The zero-order valence-corrected chi connectivity index (χ0v) is 12.0. The summed E-state index contributed by atoms with van der Waals surface area (Å²) in [7, 11) is 0. The summed E-state index contributed by atoms with van der Waals surface area (Å²) in [5, 5.41) is 13.6. The minimum absolute atomic E-state index is 0.0236. The number of amides is 2. The van der Waals surface area contributed by atoms with Gasteiger partial charge in [0, 0.05) is 4.47 Å². The Kier molecular flexibility index (Phi) is 4.88. The van der Waals surface area contributed by atoms with E-state index in [1.54, 1.807) is 13.0 Å². The fourth-order valence-electron chi connectivity index (χ4n) is 1.29. The fraction of sp³-hybridized carbons (Fsp3) is 0.333. The van der Waals surface area contributed by atoms with Gasteiger partial charge in [0.05, 0.1) is 5.69 Å². The molecule has 0 heterocycles. The highest BCUT2D eigenvalue weighted by molar-refractivity contribution is 9.10. The van der Waals surface area contributed by atoms with Gasteiger partial charge in [-0.05, 0) is 31.5 Å². The second kappa shape index (κ2) is 6.01. The fourth-order valence-corrected chi connectivity index (χ4v) is 1.62. The Morgan fingerprint density at radius 2 is 2.11 bits per heavy atom. The minimum Gasteiger partial charge on any atom is -0.480 e. The standard InChI is InChI=1S/C12H14BrFN2O3/c1-3-12(2,10(17)18)16-11(19)15-9-5-4-7(13)6-8(9)14/h4-6H,3H2,1-2H3,(H,17,18)(H2,15,16,19). The molecular formula is C12H14BrFN2O3. The molecule has 0 aliphatic carbocycles. The lowest BCUT2D eigenvalue weighted by Crippen LogP contribution is -2.53. The van der Waals surface area contributed by atoms with Crippen LogP contribution in [0.25, 0.3) is 0 Å². The topological polar surface area (TPSA) is 78.4 Å². The van der Waals surface area contributed by atoms with Crippen molar-refractivity contribution in [2.75, 3.05) is 5.32 Å². The van der Waals surface area contributed by atoms with Gasteiger partial charge in [-0.2, -0.15) is 0 Å². The van der Waals surface area contributed by atoms with Gasteiger partial charge in [0.1, 0.15) is 11.4 Å². The van der Waals surface area contributed by atoms with Crippen LogP contribution in [0.4, 0.5) is 14.9 Å². The number of halogens is 2. The van der Waals surface area contributed by atoms with Crippen LogP contribution in [0.15, 0.2) is 22.7 Å². The van der Waals surface area contributed by atoms with E-state index in [0.29, 0.717) is 4.47 Å². The number of anilines is 1. The molecule has 0 aliphatic rings. The monoisotopic (exact) mass is 332 g/mol. The number of urea groups is 1. The first-order valence-corrected chi connectivity index (χ1v) is 6.35. The smallest absolute Gasteiger partial charge is 0.329 e. The van der Waals surface area contributed by atoms with Gasteiger partial charge in [0.2, 0.25) is 0 Å². The summed E-state index contributed by atoms with van der Waals surface area (Å²) in [5.41, 5.74) is -1.42. The number of hydrogen-bond donors (Lipinski definition) is 3. The van der Waals surface area contributed by atoms with Gasteiger partial charge < -0.3 is 15.7 Å². The summed E-state index contributed by atoms with van der Waals surface area (Å²) in [4.78, 5) is 22.7. The quantitative estimate of drug-likeness (QED) is 0.793. The summed E-state index contributed by atoms with van der Waals surface area (Å²) in [6.07, 6.45) is 0.207. The maximum atomic E-state index is 13.5. The summed E-state index contributed by atoms with van der Waals surface area (Å²) in [6.45, 7) is 3.02. The molecule has 1 aromatic carbocycles. The van der Waals surface area contributed by atoms with Gasteiger partial charge in [0.25, 0.3) is 0 Å². The van der Waals surface area contributed by atoms with Crippen LogP contribution in [-0.4, -0.2) is 22.6 Å². The molecule has 1 aromatic rings. The van der Waals surface area contributed by atoms with E-state index in [0.717, 1.165) is 0 Å². The van der Waals surface area contributed by atoms with Gasteiger partial charge >= 0.3 is 12.0 Å². The van der Waals surface area contributed by atoms with Crippen LogP contribution in [0.2, 0.25) is 0 Å². The molecule has 0 aliphatic heterocycles. The van der Waals surface area contributed by atoms with Crippen molar-refractivity contribution in [2.24, 2.45) is 0 Å². The van der Waals surface area contributed by atoms with E-state index in [9.17, 15) is 14.0 Å². The van der Waals surface area contributed by atoms with Crippen LogP contribution in [-0.2, 0) is 4.79 Å². The summed E-state index contributed by atoms with van der Waals surface area (Å²) in [6, 6.07) is 3.37. The zero-order valence-electron chi connectivity index (χ0n) is 10.5. The molecule has 1 atom stereocenters. The molecule has 1 rings (SSSR count). The Morgan fingerprint density at radius 3 is 2.58 bits per heavy atom. The lowest BCUT2D eigenvalue weighted by atomic mass is 10.00. The first-order chi connectivity index (χ1) is 8.78. The van der Waals surface area contributed by atoms with Gasteiger partial charge in [-0.15, -0.1) is 0 Å². The molecule has 1 unspecified atom stereocenters. The molecule has 0 saturated heterocycles. The molecule has 0 bridgehead atoms. The molecule has 2 amide bonds. The molecule has 3 N–H and O–H groups in total. The average molecular weight is 333 g/mol. The molecule has 0 fully saturated rings. The molecule has 7 heteroatoms. The molecule has 104 valence electrons. The van der Waals surface area contributed by atoms with Crippen LogP contribution in [0.3, 0.4) is 0 Å². The number of carboxylic acids is 1. The minimum atomic E-state index is -1.39.